The van der Waals surface area contributed by atoms with Gasteiger partial charge >= 0.3 is 0 Å². The van der Waals surface area contributed by atoms with E-state index in [0.29, 0.717) is 37.5 Å². The average Bonchev–Trinajstić information content (AvgIpc) is 3.09. The summed E-state index contributed by atoms with van der Waals surface area (Å²) in [6, 6.07) is 0. The number of rotatable bonds is 4. The molecule has 0 bridgehead atoms. The normalized spacial score (nSPS) is 21.4. The predicted molar refractivity (Wildman–Crippen MR) is 90.0 cm³/mol. The molecule has 0 saturated carbocycles. The van der Waals surface area contributed by atoms with Crippen LogP contribution >= 0.6 is 0 Å². The van der Waals surface area contributed by atoms with Crippen molar-refractivity contribution in [3.63, 3.8) is 0 Å². The fraction of sp³-hybridized carbons (Fsp3) is 0.722. The van der Waals surface area contributed by atoms with E-state index in [0.717, 1.165) is 24.1 Å². The van der Waals surface area contributed by atoms with Crippen LogP contribution in [0.25, 0.3) is 0 Å². The fourth-order valence-electron chi connectivity index (χ4n) is 3.63. The zero-order valence-electron chi connectivity index (χ0n) is 14.8. The number of aliphatic hydroxyl groups excluding tert-OH is 1. The monoisotopic (exact) mass is 333 g/mol. The second kappa shape index (κ2) is 6.67. The Labute approximate surface area is 142 Å². The number of likely N-dealkylation sites (tertiary alicyclic amines) is 1. The van der Waals surface area contributed by atoms with E-state index >= 15 is 0 Å². The molecule has 2 heterocycles. The Morgan fingerprint density at radius 3 is 2.54 bits per heavy atom. The molecule has 132 valence electrons. The van der Waals surface area contributed by atoms with Crippen molar-refractivity contribution < 1.29 is 14.7 Å². The minimum absolute atomic E-state index is 0.0357. The molecule has 1 saturated heterocycles. The van der Waals surface area contributed by atoms with Gasteiger partial charge in [-0.3, -0.25) is 14.3 Å². The van der Waals surface area contributed by atoms with Gasteiger partial charge in [-0.05, 0) is 31.6 Å². The summed E-state index contributed by atoms with van der Waals surface area (Å²) in [5.41, 5.74) is 2.60. The Morgan fingerprint density at radius 2 is 1.92 bits per heavy atom. The molecule has 1 aromatic heterocycles. The summed E-state index contributed by atoms with van der Waals surface area (Å²) in [7, 11) is 0. The van der Waals surface area contributed by atoms with Crippen LogP contribution in [0.3, 0.4) is 0 Å². The maximum absolute atomic E-state index is 12.9. The van der Waals surface area contributed by atoms with Crippen LogP contribution in [-0.2, 0) is 17.8 Å². The molecule has 1 aliphatic carbocycles. The maximum Gasteiger partial charge on any atom is 0.274 e. The van der Waals surface area contributed by atoms with Crippen molar-refractivity contribution in [3.8, 4) is 0 Å². The van der Waals surface area contributed by atoms with E-state index in [-0.39, 0.29) is 30.3 Å². The molecule has 1 N–H and O–H groups in total. The zero-order valence-corrected chi connectivity index (χ0v) is 14.8. The fourth-order valence-corrected chi connectivity index (χ4v) is 3.63. The van der Waals surface area contributed by atoms with Gasteiger partial charge in [-0.25, -0.2) is 0 Å². The number of Topliss-reactive ketones (excluding diaryl/α,β-unsaturated/α-hetero) is 1. The highest BCUT2D eigenvalue weighted by Crippen LogP contribution is 2.36. The van der Waals surface area contributed by atoms with Crippen molar-refractivity contribution in [1.29, 1.82) is 0 Å². The lowest BCUT2D eigenvalue weighted by Crippen LogP contribution is -2.40. The van der Waals surface area contributed by atoms with Crippen molar-refractivity contribution in [2.75, 3.05) is 13.1 Å². The number of nitrogens with zero attached hydrogens (tertiary/aromatic N) is 3. The highest BCUT2D eigenvalue weighted by molar-refractivity contribution is 5.94. The van der Waals surface area contributed by atoms with E-state index in [2.05, 4.69) is 12.0 Å². The molecule has 1 aliphatic heterocycles. The van der Waals surface area contributed by atoms with Crippen molar-refractivity contribution in [2.45, 2.75) is 65.0 Å². The SMILES string of the molecule is CC(C)C(=O)Cn1nc(C(=O)N2CCC(O)CC2)c2c1CCC2C. The van der Waals surface area contributed by atoms with Gasteiger partial charge in [-0.1, -0.05) is 20.8 Å². The van der Waals surface area contributed by atoms with Crippen LogP contribution in [0.4, 0.5) is 0 Å². The van der Waals surface area contributed by atoms with Crippen LogP contribution in [0.5, 0.6) is 0 Å². The van der Waals surface area contributed by atoms with Gasteiger partial charge in [0.05, 0.1) is 6.10 Å². The van der Waals surface area contributed by atoms with E-state index < -0.39 is 0 Å². The van der Waals surface area contributed by atoms with E-state index in [1.807, 2.05) is 13.8 Å². The van der Waals surface area contributed by atoms with E-state index in [1.54, 1.807) is 9.58 Å². The molecule has 1 amide bonds. The largest absolute Gasteiger partial charge is 0.393 e. The third kappa shape index (κ3) is 3.11. The summed E-state index contributed by atoms with van der Waals surface area (Å²) < 4.78 is 1.76. The first-order valence-corrected chi connectivity index (χ1v) is 8.98. The summed E-state index contributed by atoms with van der Waals surface area (Å²) >= 11 is 0. The van der Waals surface area contributed by atoms with Gasteiger partial charge in [0, 0.05) is 30.3 Å². The van der Waals surface area contributed by atoms with Gasteiger partial charge in [0.15, 0.2) is 11.5 Å². The number of fused-ring (bicyclic) bond motifs is 1. The van der Waals surface area contributed by atoms with Crippen molar-refractivity contribution in [2.24, 2.45) is 5.92 Å². The number of hydrogen-bond acceptors (Lipinski definition) is 4. The van der Waals surface area contributed by atoms with Crippen molar-refractivity contribution >= 4 is 11.7 Å². The lowest BCUT2D eigenvalue weighted by Gasteiger charge is -2.29. The second-order valence-corrected chi connectivity index (χ2v) is 7.45. The third-order valence-corrected chi connectivity index (χ3v) is 5.31. The van der Waals surface area contributed by atoms with Crippen LogP contribution in [0.1, 0.15) is 67.7 Å². The Kier molecular flexibility index (Phi) is 4.76. The number of carbonyl (C=O) groups excluding carboxylic acids is 2. The first-order valence-electron chi connectivity index (χ1n) is 8.98. The Hall–Kier alpha value is -1.69. The molecule has 2 aliphatic rings. The zero-order chi connectivity index (χ0) is 17.4. The van der Waals surface area contributed by atoms with Gasteiger partial charge in [0.2, 0.25) is 0 Å². The molecule has 6 heteroatoms. The van der Waals surface area contributed by atoms with Crippen molar-refractivity contribution in [3.05, 3.63) is 17.0 Å². The predicted octanol–water partition coefficient (Wildman–Crippen LogP) is 1.75. The molecule has 1 unspecified atom stereocenters. The lowest BCUT2D eigenvalue weighted by atomic mass is 10.0. The highest BCUT2D eigenvalue weighted by Gasteiger charge is 2.34. The van der Waals surface area contributed by atoms with Crippen LogP contribution in [-0.4, -0.2) is 50.7 Å². The van der Waals surface area contributed by atoms with Crippen LogP contribution < -0.4 is 0 Å². The highest BCUT2D eigenvalue weighted by atomic mass is 16.3. The van der Waals surface area contributed by atoms with E-state index in [1.165, 1.54) is 0 Å². The standard InChI is InChI=1S/C18H27N3O3/c1-11(2)15(23)10-21-14-5-4-12(3)16(14)17(19-21)18(24)20-8-6-13(22)7-9-20/h11-13,22H,4-10H2,1-3H3. The maximum atomic E-state index is 12.9. The Morgan fingerprint density at radius 1 is 1.25 bits per heavy atom. The molecule has 0 aromatic carbocycles. The number of ketones is 1. The first-order chi connectivity index (χ1) is 11.4. The topological polar surface area (TPSA) is 75.4 Å². The molecular weight excluding hydrogens is 306 g/mol. The molecule has 1 atom stereocenters. The number of aliphatic hydroxyl groups is 1. The third-order valence-electron chi connectivity index (χ3n) is 5.31. The number of amides is 1. The minimum atomic E-state index is -0.306. The van der Waals surface area contributed by atoms with Gasteiger partial charge in [0.1, 0.15) is 6.54 Å². The number of aromatic nitrogens is 2. The smallest absolute Gasteiger partial charge is 0.274 e. The summed E-state index contributed by atoms with van der Waals surface area (Å²) in [6.07, 6.45) is 2.81. The summed E-state index contributed by atoms with van der Waals surface area (Å²) in [6.45, 7) is 7.29. The lowest BCUT2D eigenvalue weighted by molar-refractivity contribution is -0.122. The Bertz CT molecular complexity index is 642. The van der Waals surface area contributed by atoms with Crippen LogP contribution in [0.2, 0.25) is 0 Å². The van der Waals surface area contributed by atoms with Gasteiger partial charge in [0.25, 0.3) is 5.91 Å². The van der Waals surface area contributed by atoms with Crippen molar-refractivity contribution in [1.82, 2.24) is 14.7 Å². The number of carbonyl (C=O) groups is 2. The van der Waals surface area contributed by atoms with Crippen LogP contribution in [0.15, 0.2) is 0 Å². The molecule has 1 fully saturated rings. The van der Waals surface area contributed by atoms with Gasteiger partial charge in [-0.2, -0.15) is 5.10 Å². The summed E-state index contributed by atoms with van der Waals surface area (Å²) in [5, 5.41) is 14.2. The molecule has 1 aromatic rings. The summed E-state index contributed by atoms with van der Waals surface area (Å²) in [4.78, 5) is 26.8. The van der Waals surface area contributed by atoms with Gasteiger partial charge < -0.3 is 10.0 Å². The average molecular weight is 333 g/mol. The molecular formula is C18H27N3O3. The molecule has 6 nitrogen and oxygen atoms in total. The number of piperidine rings is 1. The molecule has 0 spiro atoms. The first kappa shape index (κ1) is 17.1. The van der Waals surface area contributed by atoms with Crippen LogP contribution in [0, 0.1) is 5.92 Å². The second-order valence-electron chi connectivity index (χ2n) is 7.45. The molecule has 3 rings (SSSR count). The Balaban J connectivity index is 1.88. The summed E-state index contributed by atoms with van der Waals surface area (Å²) in [5.74, 6) is 0.353. The molecule has 24 heavy (non-hydrogen) atoms. The van der Waals surface area contributed by atoms with Gasteiger partial charge in [-0.15, -0.1) is 0 Å². The minimum Gasteiger partial charge on any atom is -0.393 e. The quantitative estimate of drug-likeness (QED) is 0.911. The van der Waals surface area contributed by atoms with E-state index in [9.17, 15) is 14.7 Å². The van der Waals surface area contributed by atoms with E-state index in [4.69, 9.17) is 0 Å². The number of hydrogen-bond donors (Lipinski definition) is 1. The molecule has 0 radical (unpaired) electrons.